The number of carbonyl (C=O) groups excluding carboxylic acids is 1. The van der Waals surface area contributed by atoms with E-state index in [4.69, 9.17) is 0 Å². The molecule has 3 nitrogen and oxygen atoms in total. The van der Waals surface area contributed by atoms with Gasteiger partial charge in [0.2, 0.25) is 0 Å². The molecule has 0 rings (SSSR count). The number of nitrogens with zero attached hydrogens (tertiary/aromatic N) is 1. The first kappa shape index (κ1) is 12.6. The normalized spacial score (nSPS) is 7.44. The van der Waals surface area contributed by atoms with Crippen LogP contribution >= 0.6 is 25.6 Å². The molecule has 0 aromatic carbocycles. The molecule has 0 bridgehead atoms. The molecule has 0 saturated carbocycles. The van der Waals surface area contributed by atoms with Gasteiger partial charge < -0.3 is 6.16 Å². The number of carbonyl (C=O) groups is 1. The average Bonchev–Trinajstić information content (AvgIpc) is 1.67. The smallest absolute Gasteiger partial charge is 1.00 e. The quantitative estimate of drug-likeness (QED) is 0.367. The van der Waals surface area contributed by atoms with E-state index in [1.165, 1.54) is 0 Å². The Kier molecular flexibility index (Phi) is 9.94. The Morgan fingerprint density at radius 2 is 2.22 bits per heavy atom. The van der Waals surface area contributed by atoms with E-state index in [0.717, 1.165) is 3.71 Å². The fourth-order valence-electron chi connectivity index (χ4n) is 0.181. The molecule has 50 valence electrons. The maximum atomic E-state index is 10.3. The van der Waals surface area contributed by atoms with E-state index >= 15 is 0 Å². The van der Waals surface area contributed by atoms with Gasteiger partial charge >= 0.3 is 35.7 Å². The number of rotatable bonds is 1. The van der Waals surface area contributed by atoms with Crippen LogP contribution in [0.4, 0.5) is 4.79 Å². The van der Waals surface area contributed by atoms with Crippen molar-refractivity contribution in [3.05, 3.63) is 0 Å². The summed E-state index contributed by atoms with van der Waals surface area (Å²) in [6.45, 7) is 2.05. The predicted octanol–water partition coefficient (Wildman–Crippen LogP) is -1.75. The summed E-state index contributed by atoms with van der Waals surface area (Å²) in [6, 6.07) is 0. The average molecular weight is 177 g/mol. The van der Waals surface area contributed by atoms with Gasteiger partial charge in [0.15, 0.2) is 0 Å². The minimum Gasteiger partial charge on any atom is -1.00 e. The van der Waals surface area contributed by atoms with Gasteiger partial charge in [0, 0.05) is 0 Å². The van der Waals surface area contributed by atoms with Crippen molar-refractivity contribution in [2.45, 2.75) is 6.92 Å². The maximum Gasteiger partial charge on any atom is 1.00 e. The Labute approximate surface area is 89.0 Å². The molecule has 0 aromatic rings. The van der Waals surface area contributed by atoms with Crippen molar-refractivity contribution in [1.82, 2.24) is 3.71 Å². The molecule has 0 fully saturated rings. The standard InChI is InChI=1S/C3H7NO2S2.Na.H/c1-2-6-3(5)4(7)8;;/h7-8H,2H2,1H3;;/q;+1;-1. The van der Waals surface area contributed by atoms with E-state index in [2.05, 4.69) is 30.4 Å². The second-order valence-electron chi connectivity index (χ2n) is 0.988. The van der Waals surface area contributed by atoms with Gasteiger partial charge in [0.05, 0.1) is 6.61 Å². The van der Waals surface area contributed by atoms with Crippen molar-refractivity contribution in [2.24, 2.45) is 0 Å². The molecular weight excluding hydrogens is 169 g/mol. The van der Waals surface area contributed by atoms with Crippen molar-refractivity contribution in [2.75, 3.05) is 6.61 Å². The van der Waals surface area contributed by atoms with Gasteiger partial charge in [0.25, 0.3) is 0 Å². The zero-order valence-electron chi connectivity index (χ0n) is 6.37. The first-order chi connectivity index (χ1) is 3.68. The molecule has 0 spiro atoms. The van der Waals surface area contributed by atoms with E-state index < -0.39 is 6.09 Å². The molecule has 0 aliphatic rings. The maximum absolute atomic E-state index is 10.3. The van der Waals surface area contributed by atoms with Gasteiger partial charge in [-0.05, 0) is 32.6 Å². The SMILES string of the molecule is CCOC(=O)N(S)S.[H-].[Na+]. The second-order valence-corrected chi connectivity index (χ2v) is 2.10. The van der Waals surface area contributed by atoms with Crippen molar-refractivity contribution >= 4 is 31.7 Å². The molecule has 1 amide bonds. The van der Waals surface area contributed by atoms with Crippen LogP contribution in [-0.4, -0.2) is 16.4 Å². The van der Waals surface area contributed by atoms with Crippen molar-refractivity contribution in [1.29, 1.82) is 0 Å². The van der Waals surface area contributed by atoms with Gasteiger partial charge in [-0.2, -0.15) is 3.71 Å². The summed E-state index contributed by atoms with van der Waals surface area (Å²) in [5.41, 5.74) is 0. The molecule has 0 aliphatic heterocycles. The van der Waals surface area contributed by atoms with E-state index in [0.29, 0.717) is 6.61 Å². The fourth-order valence-corrected chi connectivity index (χ4v) is 0.297. The zero-order valence-corrected chi connectivity index (χ0v) is 9.15. The van der Waals surface area contributed by atoms with Crippen LogP contribution in [0, 0.1) is 0 Å². The van der Waals surface area contributed by atoms with Crippen LogP contribution < -0.4 is 29.6 Å². The number of amides is 1. The van der Waals surface area contributed by atoms with Crippen LogP contribution in [0.1, 0.15) is 8.35 Å². The molecular formula is C3H8NNaO2S2. The molecule has 0 aliphatic carbocycles. The number of ether oxygens (including phenoxy) is 1. The van der Waals surface area contributed by atoms with E-state index in [1.807, 2.05) is 0 Å². The number of hydrogen-bond donors (Lipinski definition) is 2. The van der Waals surface area contributed by atoms with Gasteiger partial charge in [-0.3, -0.25) is 0 Å². The monoisotopic (exact) mass is 177 g/mol. The van der Waals surface area contributed by atoms with Crippen molar-refractivity contribution in [3.63, 3.8) is 0 Å². The van der Waals surface area contributed by atoms with Crippen LogP contribution in [0.15, 0.2) is 0 Å². The minimum atomic E-state index is -0.556. The molecule has 9 heavy (non-hydrogen) atoms. The zero-order chi connectivity index (χ0) is 6.57. The Morgan fingerprint density at radius 1 is 1.78 bits per heavy atom. The Hall–Kier alpha value is 0.970. The molecule has 6 heteroatoms. The Bertz CT molecular complexity index is 94.6. The second kappa shape index (κ2) is 7.08. The number of thiol groups is 2. The topological polar surface area (TPSA) is 29.5 Å². The summed E-state index contributed by atoms with van der Waals surface area (Å²) in [6.07, 6.45) is -0.556. The third-order valence-electron chi connectivity index (χ3n) is 0.431. The van der Waals surface area contributed by atoms with E-state index in [-0.39, 0.29) is 31.0 Å². The summed E-state index contributed by atoms with van der Waals surface area (Å²) in [7, 11) is 0. The molecule has 0 heterocycles. The van der Waals surface area contributed by atoms with Gasteiger partial charge in [-0.1, -0.05) is 0 Å². The van der Waals surface area contributed by atoms with Crippen molar-refractivity contribution < 1.29 is 40.5 Å². The van der Waals surface area contributed by atoms with Crippen LogP contribution in [0.25, 0.3) is 0 Å². The fraction of sp³-hybridized carbons (Fsp3) is 0.667. The molecule has 0 atom stereocenters. The summed E-state index contributed by atoms with van der Waals surface area (Å²) in [5, 5.41) is 0. The molecule has 0 aromatic heterocycles. The molecule has 0 saturated heterocycles. The first-order valence-corrected chi connectivity index (χ1v) is 2.83. The summed E-state index contributed by atoms with van der Waals surface area (Å²) in [5.74, 6) is 0. The van der Waals surface area contributed by atoms with Crippen LogP contribution in [0.2, 0.25) is 0 Å². The Balaban J connectivity index is -0.000000245. The van der Waals surface area contributed by atoms with E-state index in [9.17, 15) is 4.79 Å². The van der Waals surface area contributed by atoms with Crippen LogP contribution in [-0.2, 0) is 4.74 Å². The molecule has 0 unspecified atom stereocenters. The summed E-state index contributed by atoms with van der Waals surface area (Å²) < 4.78 is 5.22. The van der Waals surface area contributed by atoms with Crippen molar-refractivity contribution in [3.8, 4) is 0 Å². The van der Waals surface area contributed by atoms with Gasteiger partial charge in [-0.15, -0.1) is 0 Å². The number of hydrogen-bond acceptors (Lipinski definition) is 4. The van der Waals surface area contributed by atoms with Gasteiger partial charge in [0.1, 0.15) is 0 Å². The van der Waals surface area contributed by atoms with E-state index in [1.54, 1.807) is 6.92 Å². The largest absolute Gasteiger partial charge is 1.00 e. The third-order valence-corrected chi connectivity index (χ3v) is 0.758. The molecule has 0 N–H and O–H groups in total. The summed E-state index contributed by atoms with van der Waals surface area (Å²) >= 11 is 7.10. The minimum absolute atomic E-state index is 0. The summed E-state index contributed by atoms with van der Waals surface area (Å²) in [4.78, 5) is 10.3. The Morgan fingerprint density at radius 3 is 2.33 bits per heavy atom. The third kappa shape index (κ3) is 6.86. The first-order valence-electron chi connectivity index (χ1n) is 2.03. The van der Waals surface area contributed by atoms with Crippen LogP contribution in [0.3, 0.4) is 0 Å². The molecule has 0 radical (unpaired) electrons. The van der Waals surface area contributed by atoms with Crippen LogP contribution in [0.5, 0.6) is 0 Å². The van der Waals surface area contributed by atoms with Gasteiger partial charge in [-0.25, -0.2) is 4.79 Å². The predicted molar refractivity (Wildman–Crippen MR) is 37.9 cm³/mol.